The van der Waals surface area contributed by atoms with Crippen LogP contribution in [0.4, 0.5) is 0 Å². The van der Waals surface area contributed by atoms with E-state index in [1.54, 1.807) is 12.1 Å². The minimum absolute atomic E-state index is 0.344. The van der Waals surface area contributed by atoms with Crippen molar-refractivity contribution in [2.24, 2.45) is 0 Å². The van der Waals surface area contributed by atoms with Crippen LogP contribution in [0.1, 0.15) is 32.8 Å². The van der Waals surface area contributed by atoms with Crippen molar-refractivity contribution >= 4 is 26.0 Å². The molecule has 6 heteroatoms. The van der Waals surface area contributed by atoms with E-state index in [2.05, 4.69) is 28.2 Å². The first-order valence-corrected chi connectivity index (χ1v) is 9.19. The molecular formula is C14H23BrN2O2S. The van der Waals surface area contributed by atoms with Crippen LogP contribution in [0.2, 0.25) is 0 Å². The average molecular weight is 363 g/mol. The number of halogens is 1. The molecule has 1 N–H and O–H groups in total. The van der Waals surface area contributed by atoms with E-state index < -0.39 is 10.0 Å². The van der Waals surface area contributed by atoms with Crippen molar-refractivity contribution in [3.63, 3.8) is 0 Å². The van der Waals surface area contributed by atoms with Gasteiger partial charge in [-0.05, 0) is 46.6 Å². The molecule has 0 spiro atoms. The Hall–Kier alpha value is -0.430. The third kappa shape index (κ3) is 4.28. The Morgan fingerprint density at radius 2 is 1.85 bits per heavy atom. The number of sulfonamides is 1. The average Bonchev–Trinajstić information content (AvgIpc) is 2.41. The third-order valence-corrected chi connectivity index (χ3v) is 6.12. The molecule has 0 radical (unpaired) electrons. The highest BCUT2D eigenvalue weighted by Gasteiger charge is 2.24. The van der Waals surface area contributed by atoms with Crippen LogP contribution in [0, 0.1) is 0 Å². The maximum atomic E-state index is 12.6. The van der Waals surface area contributed by atoms with Crippen molar-refractivity contribution in [3.8, 4) is 0 Å². The van der Waals surface area contributed by atoms with Crippen LogP contribution < -0.4 is 5.32 Å². The van der Waals surface area contributed by atoms with E-state index in [9.17, 15) is 8.42 Å². The quantitative estimate of drug-likeness (QED) is 0.723. The van der Waals surface area contributed by atoms with Gasteiger partial charge in [0.2, 0.25) is 10.0 Å². The predicted molar refractivity (Wildman–Crippen MR) is 86.2 cm³/mol. The van der Waals surface area contributed by atoms with Crippen molar-refractivity contribution < 1.29 is 8.42 Å². The summed E-state index contributed by atoms with van der Waals surface area (Å²) in [5.41, 5.74) is 0.979. The van der Waals surface area contributed by atoms with Crippen LogP contribution >= 0.6 is 15.9 Å². The fourth-order valence-corrected chi connectivity index (χ4v) is 4.40. The first kappa shape index (κ1) is 17.6. The van der Waals surface area contributed by atoms with Gasteiger partial charge in [-0.3, -0.25) is 0 Å². The van der Waals surface area contributed by atoms with E-state index in [4.69, 9.17) is 0 Å². The molecule has 114 valence electrons. The SMILES string of the molecule is CCCNCc1ccc(Br)c(S(=O)(=O)N(CC)CC)c1. The molecule has 1 rings (SSSR count). The number of rotatable bonds is 8. The Balaban J connectivity index is 3.07. The van der Waals surface area contributed by atoms with Gasteiger partial charge >= 0.3 is 0 Å². The molecule has 0 aliphatic rings. The molecule has 0 bridgehead atoms. The van der Waals surface area contributed by atoms with E-state index in [1.807, 2.05) is 19.9 Å². The lowest BCUT2D eigenvalue weighted by Gasteiger charge is -2.20. The Morgan fingerprint density at radius 3 is 2.40 bits per heavy atom. The van der Waals surface area contributed by atoms with E-state index in [0.717, 1.165) is 18.5 Å². The normalized spacial score (nSPS) is 12.1. The number of benzene rings is 1. The zero-order valence-electron chi connectivity index (χ0n) is 12.3. The second-order valence-corrected chi connectivity index (χ2v) is 7.29. The van der Waals surface area contributed by atoms with E-state index in [-0.39, 0.29) is 0 Å². The fraction of sp³-hybridized carbons (Fsp3) is 0.571. The van der Waals surface area contributed by atoms with Gasteiger partial charge < -0.3 is 5.32 Å². The molecule has 1 aromatic carbocycles. The van der Waals surface area contributed by atoms with Gasteiger partial charge in [0.25, 0.3) is 0 Å². The van der Waals surface area contributed by atoms with Gasteiger partial charge in [-0.15, -0.1) is 0 Å². The molecule has 0 unspecified atom stereocenters. The molecule has 0 saturated carbocycles. The molecule has 4 nitrogen and oxygen atoms in total. The standard InChI is InChI=1S/C14H23BrN2O2S/c1-4-9-16-11-12-7-8-13(15)14(10-12)20(18,19)17(5-2)6-3/h7-8,10,16H,4-6,9,11H2,1-3H3. The zero-order chi connectivity index (χ0) is 15.2. The Kier molecular flexibility index (Phi) is 7.15. The molecule has 0 aromatic heterocycles. The summed E-state index contributed by atoms with van der Waals surface area (Å²) in [4.78, 5) is 0.344. The number of nitrogens with zero attached hydrogens (tertiary/aromatic N) is 1. The van der Waals surface area contributed by atoms with Gasteiger partial charge in [-0.2, -0.15) is 4.31 Å². The second-order valence-electron chi connectivity index (χ2n) is 4.53. The maximum absolute atomic E-state index is 12.6. The summed E-state index contributed by atoms with van der Waals surface area (Å²) in [5.74, 6) is 0. The lowest BCUT2D eigenvalue weighted by Crippen LogP contribution is -2.31. The molecule has 0 aliphatic heterocycles. The summed E-state index contributed by atoms with van der Waals surface area (Å²) < 4.78 is 27.2. The van der Waals surface area contributed by atoms with Crippen LogP contribution in [-0.4, -0.2) is 32.4 Å². The van der Waals surface area contributed by atoms with Crippen LogP contribution in [0.25, 0.3) is 0 Å². The van der Waals surface area contributed by atoms with Crippen LogP contribution in [0.3, 0.4) is 0 Å². The van der Waals surface area contributed by atoms with Crippen molar-refractivity contribution in [1.29, 1.82) is 0 Å². The molecule has 1 aromatic rings. The smallest absolute Gasteiger partial charge is 0.244 e. The van der Waals surface area contributed by atoms with Crippen molar-refractivity contribution in [3.05, 3.63) is 28.2 Å². The highest BCUT2D eigenvalue weighted by atomic mass is 79.9. The van der Waals surface area contributed by atoms with Crippen LogP contribution in [-0.2, 0) is 16.6 Å². The van der Waals surface area contributed by atoms with Crippen molar-refractivity contribution in [2.45, 2.75) is 38.6 Å². The topological polar surface area (TPSA) is 49.4 Å². The molecule has 0 amide bonds. The summed E-state index contributed by atoms with van der Waals surface area (Å²) in [7, 11) is -3.43. The summed E-state index contributed by atoms with van der Waals surface area (Å²) in [5, 5.41) is 3.28. The number of nitrogens with one attached hydrogen (secondary N) is 1. The van der Waals surface area contributed by atoms with Crippen molar-refractivity contribution in [1.82, 2.24) is 9.62 Å². The minimum atomic E-state index is -3.43. The third-order valence-electron chi connectivity index (χ3n) is 3.07. The van der Waals surface area contributed by atoms with E-state index in [1.165, 1.54) is 4.31 Å². The minimum Gasteiger partial charge on any atom is -0.313 e. The Morgan fingerprint density at radius 1 is 1.20 bits per heavy atom. The first-order valence-electron chi connectivity index (χ1n) is 6.96. The zero-order valence-corrected chi connectivity index (χ0v) is 14.7. The molecule has 0 fully saturated rings. The molecular weight excluding hydrogens is 340 g/mol. The fourth-order valence-electron chi connectivity index (χ4n) is 1.97. The van der Waals surface area contributed by atoms with Gasteiger partial charge in [0, 0.05) is 24.1 Å². The maximum Gasteiger partial charge on any atom is 0.244 e. The van der Waals surface area contributed by atoms with E-state index >= 15 is 0 Å². The van der Waals surface area contributed by atoms with Gasteiger partial charge in [0.1, 0.15) is 0 Å². The highest BCUT2D eigenvalue weighted by Crippen LogP contribution is 2.26. The van der Waals surface area contributed by atoms with Gasteiger partial charge in [-0.1, -0.05) is 26.8 Å². The highest BCUT2D eigenvalue weighted by molar-refractivity contribution is 9.10. The van der Waals surface area contributed by atoms with Gasteiger partial charge in [0.05, 0.1) is 4.90 Å². The summed E-state index contributed by atoms with van der Waals surface area (Å²) in [6.45, 7) is 8.36. The molecule has 0 aliphatic carbocycles. The Bertz CT molecular complexity index is 528. The predicted octanol–water partition coefficient (Wildman–Crippen LogP) is 2.98. The van der Waals surface area contributed by atoms with Gasteiger partial charge in [0.15, 0.2) is 0 Å². The summed E-state index contributed by atoms with van der Waals surface area (Å²) >= 11 is 3.35. The lowest BCUT2D eigenvalue weighted by molar-refractivity contribution is 0.445. The largest absolute Gasteiger partial charge is 0.313 e. The molecule has 20 heavy (non-hydrogen) atoms. The lowest BCUT2D eigenvalue weighted by atomic mass is 10.2. The molecule has 0 heterocycles. The Labute approximate surface area is 130 Å². The first-order chi connectivity index (χ1) is 9.47. The summed E-state index contributed by atoms with van der Waals surface area (Å²) in [6, 6.07) is 5.49. The second kappa shape index (κ2) is 8.12. The summed E-state index contributed by atoms with van der Waals surface area (Å²) in [6.07, 6.45) is 1.06. The van der Waals surface area contributed by atoms with E-state index in [0.29, 0.717) is 29.0 Å². The molecule has 0 atom stereocenters. The molecule has 0 saturated heterocycles. The monoisotopic (exact) mass is 362 g/mol. The number of hydrogen-bond acceptors (Lipinski definition) is 3. The van der Waals surface area contributed by atoms with Crippen LogP contribution in [0.15, 0.2) is 27.6 Å². The van der Waals surface area contributed by atoms with Crippen molar-refractivity contribution in [2.75, 3.05) is 19.6 Å². The number of hydrogen-bond donors (Lipinski definition) is 1. The van der Waals surface area contributed by atoms with Gasteiger partial charge in [-0.25, -0.2) is 8.42 Å². The van der Waals surface area contributed by atoms with Crippen LogP contribution in [0.5, 0.6) is 0 Å².